The van der Waals surface area contributed by atoms with Crippen molar-refractivity contribution in [1.29, 1.82) is 5.26 Å². The van der Waals surface area contributed by atoms with Crippen LogP contribution in [0, 0.1) is 16.7 Å². The van der Waals surface area contributed by atoms with Crippen LogP contribution < -0.4 is 0 Å². The molecule has 1 aliphatic rings. The first-order chi connectivity index (χ1) is 4.83. The van der Waals surface area contributed by atoms with Crippen LogP contribution in [0.3, 0.4) is 0 Å². The molecule has 1 saturated carbocycles. The highest BCUT2D eigenvalue weighted by Gasteiger charge is 2.32. The van der Waals surface area contributed by atoms with Gasteiger partial charge in [0.1, 0.15) is 0 Å². The molecule has 0 N–H and O–H groups in total. The van der Waals surface area contributed by atoms with Crippen LogP contribution in [0.5, 0.6) is 0 Å². The van der Waals surface area contributed by atoms with Gasteiger partial charge in [-0.1, -0.05) is 26.2 Å². The largest absolute Gasteiger partial charge is 0.198 e. The molecule has 0 aromatic carbocycles. The summed E-state index contributed by atoms with van der Waals surface area (Å²) in [5, 5.41) is 8.90. The number of rotatable bonds is 2. The van der Waals surface area contributed by atoms with Crippen molar-refractivity contribution in [2.24, 2.45) is 5.41 Å². The van der Waals surface area contributed by atoms with Crippen LogP contribution in [0.2, 0.25) is 0 Å². The molecule has 0 heterocycles. The molecule has 0 aromatic rings. The molecule has 1 heteroatoms. The molecule has 0 bridgehead atoms. The highest BCUT2D eigenvalue weighted by Crippen LogP contribution is 2.40. The number of nitriles is 1. The minimum atomic E-state index is 0.0920. The lowest BCUT2D eigenvalue weighted by Crippen LogP contribution is -2.12. The second kappa shape index (κ2) is 3.05. The van der Waals surface area contributed by atoms with E-state index in [0.29, 0.717) is 0 Å². The third-order valence-electron chi connectivity index (χ3n) is 2.53. The van der Waals surface area contributed by atoms with E-state index in [9.17, 15) is 0 Å². The molecule has 0 amide bonds. The summed E-state index contributed by atoms with van der Waals surface area (Å²) in [6.07, 6.45) is 7.12. The number of hydrogen-bond acceptors (Lipinski definition) is 1. The van der Waals surface area contributed by atoms with Gasteiger partial charge in [0.15, 0.2) is 0 Å². The fraction of sp³-hybridized carbons (Fsp3) is 0.889. The van der Waals surface area contributed by atoms with Crippen molar-refractivity contribution in [2.75, 3.05) is 0 Å². The van der Waals surface area contributed by atoms with Crippen molar-refractivity contribution >= 4 is 0 Å². The number of hydrogen-bond donors (Lipinski definition) is 0. The van der Waals surface area contributed by atoms with Gasteiger partial charge in [0.25, 0.3) is 0 Å². The Morgan fingerprint density at radius 2 is 2.00 bits per heavy atom. The van der Waals surface area contributed by atoms with Crippen molar-refractivity contribution in [3.05, 3.63) is 0 Å². The summed E-state index contributed by atoms with van der Waals surface area (Å²) in [5.74, 6) is 0. The van der Waals surface area contributed by atoms with Gasteiger partial charge in [0, 0.05) is 0 Å². The summed E-state index contributed by atoms with van der Waals surface area (Å²) in [6.45, 7) is 2.16. The molecule has 10 heavy (non-hydrogen) atoms. The summed E-state index contributed by atoms with van der Waals surface area (Å²) in [5.41, 5.74) is 0.0920. The zero-order valence-corrected chi connectivity index (χ0v) is 6.69. The van der Waals surface area contributed by atoms with E-state index >= 15 is 0 Å². The minimum absolute atomic E-state index is 0.0920. The van der Waals surface area contributed by atoms with Crippen LogP contribution in [0.1, 0.15) is 45.4 Å². The standard InChI is InChI=1S/C9H15N/c1-2-5-9(8-10)6-3-4-7-9/h2-7H2,1H3. The molecule has 0 unspecified atom stereocenters. The highest BCUT2D eigenvalue weighted by atomic mass is 14.4. The second-order valence-electron chi connectivity index (χ2n) is 3.35. The van der Waals surface area contributed by atoms with Gasteiger partial charge < -0.3 is 0 Å². The summed E-state index contributed by atoms with van der Waals surface area (Å²) >= 11 is 0. The molecule has 1 rings (SSSR count). The lowest BCUT2D eigenvalue weighted by molar-refractivity contribution is 0.372. The van der Waals surface area contributed by atoms with E-state index in [-0.39, 0.29) is 5.41 Å². The van der Waals surface area contributed by atoms with Crippen LogP contribution in [-0.4, -0.2) is 0 Å². The van der Waals surface area contributed by atoms with Crippen molar-refractivity contribution in [2.45, 2.75) is 45.4 Å². The van der Waals surface area contributed by atoms with Gasteiger partial charge in [-0.25, -0.2) is 0 Å². The van der Waals surface area contributed by atoms with Crippen molar-refractivity contribution in [3.63, 3.8) is 0 Å². The zero-order chi connectivity index (χ0) is 7.45. The van der Waals surface area contributed by atoms with Crippen molar-refractivity contribution in [1.82, 2.24) is 0 Å². The van der Waals surface area contributed by atoms with Gasteiger partial charge >= 0.3 is 0 Å². The van der Waals surface area contributed by atoms with E-state index in [1.54, 1.807) is 0 Å². The van der Waals surface area contributed by atoms with Gasteiger partial charge in [0.2, 0.25) is 0 Å². The molecule has 0 spiro atoms. The summed E-state index contributed by atoms with van der Waals surface area (Å²) < 4.78 is 0. The zero-order valence-electron chi connectivity index (χ0n) is 6.69. The summed E-state index contributed by atoms with van der Waals surface area (Å²) in [7, 11) is 0. The smallest absolute Gasteiger partial charge is 0.0689 e. The lowest BCUT2D eigenvalue weighted by atomic mass is 9.83. The van der Waals surface area contributed by atoms with Crippen LogP contribution in [0.15, 0.2) is 0 Å². The van der Waals surface area contributed by atoms with E-state index in [1.165, 1.54) is 12.8 Å². The fourth-order valence-corrected chi connectivity index (χ4v) is 1.95. The average Bonchev–Trinajstić information content (AvgIpc) is 2.39. The van der Waals surface area contributed by atoms with E-state index < -0.39 is 0 Å². The maximum Gasteiger partial charge on any atom is 0.0689 e. The predicted octanol–water partition coefficient (Wildman–Crippen LogP) is 2.87. The molecule has 1 fully saturated rings. The molecule has 0 saturated heterocycles. The molecular weight excluding hydrogens is 122 g/mol. The molecule has 1 aliphatic carbocycles. The van der Waals surface area contributed by atoms with E-state index in [1.807, 2.05) is 0 Å². The van der Waals surface area contributed by atoms with Gasteiger partial charge in [-0.3, -0.25) is 0 Å². The summed E-state index contributed by atoms with van der Waals surface area (Å²) in [4.78, 5) is 0. The molecule has 0 radical (unpaired) electrons. The fourth-order valence-electron chi connectivity index (χ4n) is 1.95. The van der Waals surface area contributed by atoms with Gasteiger partial charge in [0.05, 0.1) is 11.5 Å². The topological polar surface area (TPSA) is 23.8 Å². The molecule has 56 valence electrons. The molecule has 1 nitrogen and oxygen atoms in total. The van der Waals surface area contributed by atoms with Gasteiger partial charge in [-0.2, -0.15) is 5.26 Å². The Bertz CT molecular complexity index is 137. The quantitative estimate of drug-likeness (QED) is 0.574. The maximum absolute atomic E-state index is 8.90. The first-order valence-corrected chi connectivity index (χ1v) is 4.24. The Balaban J connectivity index is 2.51. The van der Waals surface area contributed by atoms with Crippen molar-refractivity contribution in [3.8, 4) is 6.07 Å². The first-order valence-electron chi connectivity index (χ1n) is 4.24. The van der Waals surface area contributed by atoms with Crippen LogP contribution in [-0.2, 0) is 0 Å². The maximum atomic E-state index is 8.90. The van der Waals surface area contributed by atoms with E-state index in [4.69, 9.17) is 5.26 Å². The Hall–Kier alpha value is -0.510. The Kier molecular flexibility index (Phi) is 2.32. The van der Waals surface area contributed by atoms with E-state index in [0.717, 1.165) is 25.7 Å². The Labute approximate surface area is 63.0 Å². The normalized spacial score (nSPS) is 22.4. The van der Waals surface area contributed by atoms with Crippen LogP contribution in [0.4, 0.5) is 0 Å². The molecule has 0 atom stereocenters. The molecular formula is C9H15N. The molecule has 0 aliphatic heterocycles. The van der Waals surface area contributed by atoms with Crippen LogP contribution >= 0.6 is 0 Å². The van der Waals surface area contributed by atoms with Gasteiger partial charge in [-0.15, -0.1) is 0 Å². The van der Waals surface area contributed by atoms with Gasteiger partial charge in [-0.05, 0) is 19.3 Å². The second-order valence-corrected chi connectivity index (χ2v) is 3.35. The third kappa shape index (κ3) is 1.31. The Morgan fingerprint density at radius 3 is 2.40 bits per heavy atom. The number of nitrogens with zero attached hydrogens (tertiary/aromatic N) is 1. The van der Waals surface area contributed by atoms with E-state index in [2.05, 4.69) is 13.0 Å². The summed E-state index contributed by atoms with van der Waals surface area (Å²) in [6, 6.07) is 2.48. The monoisotopic (exact) mass is 137 g/mol. The average molecular weight is 137 g/mol. The highest BCUT2D eigenvalue weighted by molar-refractivity contribution is 5.01. The first kappa shape index (κ1) is 7.60. The Morgan fingerprint density at radius 1 is 1.40 bits per heavy atom. The lowest BCUT2D eigenvalue weighted by Gasteiger charge is -2.17. The third-order valence-corrected chi connectivity index (χ3v) is 2.53. The minimum Gasteiger partial charge on any atom is -0.198 e. The predicted molar refractivity (Wildman–Crippen MR) is 41.4 cm³/mol. The van der Waals surface area contributed by atoms with Crippen molar-refractivity contribution < 1.29 is 0 Å². The molecule has 0 aromatic heterocycles. The SMILES string of the molecule is CCCC1(C#N)CCCC1. The van der Waals surface area contributed by atoms with Crippen LogP contribution in [0.25, 0.3) is 0 Å².